The van der Waals surface area contributed by atoms with Gasteiger partial charge < -0.3 is 15.0 Å². The van der Waals surface area contributed by atoms with E-state index in [4.69, 9.17) is 4.74 Å². The molecule has 6 heteroatoms. The lowest BCUT2D eigenvalue weighted by Gasteiger charge is -2.16. The van der Waals surface area contributed by atoms with E-state index in [2.05, 4.69) is 17.4 Å². The lowest BCUT2D eigenvalue weighted by Crippen LogP contribution is -2.22. The fourth-order valence-corrected chi connectivity index (χ4v) is 3.41. The minimum Gasteiger partial charge on any atom is -0.455 e. The summed E-state index contributed by atoms with van der Waals surface area (Å²) in [6.45, 7) is -0.345. The molecule has 3 rings (SSSR count). The Morgan fingerprint density at radius 2 is 1.66 bits per heavy atom. The van der Waals surface area contributed by atoms with Gasteiger partial charge in [-0.1, -0.05) is 18.2 Å². The molecule has 0 spiro atoms. The molecule has 0 bridgehead atoms. The van der Waals surface area contributed by atoms with Crippen LogP contribution in [0.1, 0.15) is 39.9 Å². The molecular weight excluding hydrogens is 368 g/mol. The minimum absolute atomic E-state index is 0.112. The van der Waals surface area contributed by atoms with Gasteiger partial charge in [0.1, 0.15) is 0 Å². The maximum Gasteiger partial charge on any atom is 0.310 e. The van der Waals surface area contributed by atoms with E-state index in [0.29, 0.717) is 11.3 Å². The molecule has 0 fully saturated rings. The third-order valence-corrected chi connectivity index (χ3v) is 4.95. The Labute approximate surface area is 170 Å². The Morgan fingerprint density at radius 1 is 0.966 bits per heavy atom. The molecule has 0 aromatic heterocycles. The first kappa shape index (κ1) is 20.6. The number of hydrogen-bond acceptors (Lipinski definition) is 4. The van der Waals surface area contributed by atoms with Crippen LogP contribution in [0.3, 0.4) is 0 Å². The fourth-order valence-electron chi connectivity index (χ4n) is 3.41. The predicted octanol–water partition coefficient (Wildman–Crippen LogP) is 2.99. The highest BCUT2D eigenvalue weighted by Gasteiger charge is 2.13. The van der Waals surface area contributed by atoms with Gasteiger partial charge in [0.2, 0.25) is 0 Å². The van der Waals surface area contributed by atoms with Crippen LogP contribution < -0.4 is 5.32 Å². The number of amides is 2. The van der Waals surface area contributed by atoms with Crippen molar-refractivity contribution in [2.24, 2.45) is 0 Å². The molecule has 152 valence electrons. The van der Waals surface area contributed by atoms with Crippen LogP contribution in [-0.4, -0.2) is 43.4 Å². The number of benzene rings is 2. The van der Waals surface area contributed by atoms with Crippen LogP contribution in [0.5, 0.6) is 0 Å². The van der Waals surface area contributed by atoms with Crippen molar-refractivity contribution in [1.82, 2.24) is 4.90 Å². The summed E-state index contributed by atoms with van der Waals surface area (Å²) in [5.74, 6) is -0.961. The molecule has 1 aliphatic rings. The number of anilines is 1. The Hall–Kier alpha value is -3.15. The number of fused-ring (bicyclic) bond motifs is 1. The largest absolute Gasteiger partial charge is 0.455 e. The average molecular weight is 394 g/mol. The molecule has 0 radical (unpaired) electrons. The first-order valence-corrected chi connectivity index (χ1v) is 9.80. The second-order valence-corrected chi connectivity index (χ2v) is 7.47. The van der Waals surface area contributed by atoms with Gasteiger partial charge in [-0.3, -0.25) is 14.4 Å². The van der Waals surface area contributed by atoms with Gasteiger partial charge in [0.05, 0.1) is 6.42 Å². The van der Waals surface area contributed by atoms with Gasteiger partial charge >= 0.3 is 5.97 Å². The van der Waals surface area contributed by atoms with Crippen LogP contribution in [0.15, 0.2) is 42.5 Å². The van der Waals surface area contributed by atoms with E-state index in [9.17, 15) is 14.4 Å². The number of nitrogens with one attached hydrogen (secondary N) is 1. The summed E-state index contributed by atoms with van der Waals surface area (Å²) >= 11 is 0. The van der Waals surface area contributed by atoms with Gasteiger partial charge in [-0.25, -0.2) is 0 Å². The Morgan fingerprint density at radius 3 is 2.34 bits per heavy atom. The molecule has 6 nitrogen and oxygen atoms in total. The van der Waals surface area contributed by atoms with Gasteiger partial charge in [-0.05, 0) is 66.6 Å². The van der Waals surface area contributed by atoms with E-state index in [1.165, 1.54) is 28.9 Å². The molecule has 0 atom stereocenters. The molecule has 1 aliphatic carbocycles. The maximum atomic E-state index is 12.1. The molecule has 2 aromatic carbocycles. The van der Waals surface area contributed by atoms with Crippen molar-refractivity contribution in [3.8, 4) is 0 Å². The second-order valence-electron chi connectivity index (χ2n) is 7.47. The van der Waals surface area contributed by atoms with Crippen LogP contribution in [0.2, 0.25) is 0 Å². The van der Waals surface area contributed by atoms with Crippen molar-refractivity contribution in [2.45, 2.75) is 32.1 Å². The van der Waals surface area contributed by atoms with Gasteiger partial charge in [0.25, 0.3) is 11.8 Å². The zero-order chi connectivity index (χ0) is 20.8. The fraction of sp³-hybridized carbons (Fsp3) is 0.348. The second kappa shape index (κ2) is 9.37. The van der Waals surface area contributed by atoms with Crippen molar-refractivity contribution in [1.29, 1.82) is 0 Å². The lowest BCUT2D eigenvalue weighted by atomic mass is 9.90. The van der Waals surface area contributed by atoms with Crippen molar-refractivity contribution < 1.29 is 19.1 Å². The SMILES string of the molecule is CN(C)C(=O)c1ccc(NC(=O)COC(=O)Cc2ccc3c(c2)CCCC3)cc1. The van der Waals surface area contributed by atoms with E-state index in [-0.39, 0.29) is 18.9 Å². The number of carbonyl (C=O) groups is 3. The molecule has 29 heavy (non-hydrogen) atoms. The van der Waals surface area contributed by atoms with Crippen LogP contribution in [0.4, 0.5) is 5.69 Å². The maximum absolute atomic E-state index is 12.1. The molecule has 0 aliphatic heterocycles. The number of ether oxygens (including phenoxy) is 1. The smallest absolute Gasteiger partial charge is 0.310 e. The van der Waals surface area contributed by atoms with Crippen molar-refractivity contribution in [3.05, 3.63) is 64.7 Å². The lowest BCUT2D eigenvalue weighted by molar-refractivity contribution is -0.146. The van der Waals surface area contributed by atoms with E-state index in [1.807, 2.05) is 6.07 Å². The molecule has 0 saturated heterocycles. The summed E-state index contributed by atoms with van der Waals surface area (Å²) in [5, 5.41) is 2.66. The third-order valence-electron chi connectivity index (χ3n) is 4.95. The topological polar surface area (TPSA) is 75.7 Å². The van der Waals surface area contributed by atoms with E-state index in [1.54, 1.807) is 38.4 Å². The highest BCUT2D eigenvalue weighted by molar-refractivity contribution is 5.96. The zero-order valence-electron chi connectivity index (χ0n) is 16.9. The van der Waals surface area contributed by atoms with Crippen molar-refractivity contribution in [3.63, 3.8) is 0 Å². The predicted molar refractivity (Wildman–Crippen MR) is 111 cm³/mol. The van der Waals surface area contributed by atoms with E-state index < -0.39 is 11.9 Å². The van der Waals surface area contributed by atoms with Gasteiger partial charge in [0.15, 0.2) is 6.61 Å². The number of nitrogens with zero attached hydrogens (tertiary/aromatic N) is 1. The molecule has 2 aromatic rings. The summed E-state index contributed by atoms with van der Waals surface area (Å²) < 4.78 is 5.11. The highest BCUT2D eigenvalue weighted by Crippen LogP contribution is 2.22. The molecule has 1 N–H and O–H groups in total. The van der Waals surface area contributed by atoms with Gasteiger partial charge in [-0.2, -0.15) is 0 Å². The molecule has 0 unspecified atom stereocenters. The number of carbonyl (C=O) groups excluding carboxylic acids is 3. The third kappa shape index (κ3) is 5.67. The molecule has 0 saturated carbocycles. The summed E-state index contributed by atoms with van der Waals surface area (Å²) in [6.07, 6.45) is 4.72. The Kier molecular flexibility index (Phi) is 6.65. The number of esters is 1. The number of aryl methyl sites for hydroxylation is 2. The molecular formula is C23H26N2O4. The highest BCUT2D eigenvalue weighted by atomic mass is 16.5. The van der Waals surface area contributed by atoms with E-state index >= 15 is 0 Å². The first-order chi connectivity index (χ1) is 13.9. The summed E-state index contributed by atoms with van der Waals surface area (Å²) in [5.41, 5.74) is 4.67. The normalized spacial score (nSPS) is 12.6. The zero-order valence-corrected chi connectivity index (χ0v) is 16.9. The standard InChI is InChI=1S/C23H26N2O4/c1-25(2)23(28)18-9-11-20(12-10-18)24-21(26)15-29-22(27)14-16-7-8-17-5-3-4-6-19(17)13-16/h7-13H,3-6,14-15H2,1-2H3,(H,24,26). The average Bonchev–Trinajstić information content (AvgIpc) is 2.72. The van der Waals surface area contributed by atoms with Crippen LogP contribution in [0.25, 0.3) is 0 Å². The molecule has 2 amide bonds. The van der Waals surface area contributed by atoms with Crippen LogP contribution in [0, 0.1) is 0 Å². The minimum atomic E-state index is -0.428. The Balaban J connectivity index is 1.46. The molecule has 0 heterocycles. The summed E-state index contributed by atoms with van der Waals surface area (Å²) in [6, 6.07) is 12.7. The first-order valence-electron chi connectivity index (χ1n) is 9.80. The van der Waals surface area contributed by atoms with Crippen molar-refractivity contribution in [2.75, 3.05) is 26.0 Å². The number of rotatable bonds is 6. The summed E-state index contributed by atoms with van der Waals surface area (Å²) in [4.78, 5) is 37.4. The summed E-state index contributed by atoms with van der Waals surface area (Å²) in [7, 11) is 3.35. The van der Waals surface area contributed by atoms with Gasteiger partial charge in [-0.15, -0.1) is 0 Å². The quantitative estimate of drug-likeness (QED) is 0.765. The van der Waals surface area contributed by atoms with Crippen LogP contribution >= 0.6 is 0 Å². The van der Waals surface area contributed by atoms with Crippen molar-refractivity contribution >= 4 is 23.5 Å². The van der Waals surface area contributed by atoms with Gasteiger partial charge in [0, 0.05) is 25.3 Å². The van der Waals surface area contributed by atoms with Crippen LogP contribution in [-0.2, 0) is 33.6 Å². The monoisotopic (exact) mass is 394 g/mol. The Bertz CT molecular complexity index is 904. The number of hydrogen-bond donors (Lipinski definition) is 1. The van der Waals surface area contributed by atoms with E-state index in [0.717, 1.165) is 18.4 Å².